The van der Waals surface area contributed by atoms with Gasteiger partial charge >= 0.3 is 5.97 Å². The number of hydrogen-bond donors (Lipinski definition) is 5. The Bertz CT molecular complexity index is 755. The van der Waals surface area contributed by atoms with Crippen LogP contribution in [-0.4, -0.2) is 46.3 Å². The molecular formula is C16H19Cl2N5O3. The van der Waals surface area contributed by atoms with Gasteiger partial charge in [0.2, 0.25) is 0 Å². The number of carbonyl (C=O) groups is 2. The highest BCUT2D eigenvalue weighted by Crippen LogP contribution is 2.25. The molecule has 0 aliphatic carbocycles. The van der Waals surface area contributed by atoms with Crippen LogP contribution in [0, 0.1) is 0 Å². The van der Waals surface area contributed by atoms with Gasteiger partial charge in [0.15, 0.2) is 5.69 Å². The topological polar surface area (TPSA) is 133 Å². The summed E-state index contributed by atoms with van der Waals surface area (Å²) in [7, 11) is 0. The fraction of sp³-hybridized carbons (Fsp3) is 0.312. The maximum atomic E-state index is 12.0. The zero-order chi connectivity index (χ0) is 19.1. The molecule has 0 bridgehead atoms. The van der Waals surface area contributed by atoms with Crippen molar-refractivity contribution in [2.45, 2.75) is 18.9 Å². The molecule has 0 atom stereocenters. The Morgan fingerprint density at radius 1 is 1.23 bits per heavy atom. The second-order valence-corrected chi connectivity index (χ2v) is 6.41. The molecular weight excluding hydrogens is 381 g/mol. The zero-order valence-electron chi connectivity index (χ0n) is 13.8. The van der Waals surface area contributed by atoms with Crippen molar-refractivity contribution < 1.29 is 14.7 Å². The summed E-state index contributed by atoms with van der Waals surface area (Å²) < 4.78 is 0. The Kier molecular flexibility index (Phi) is 7.40. The highest BCUT2D eigenvalue weighted by Gasteiger charge is 2.19. The first-order valence-electron chi connectivity index (χ1n) is 7.89. The van der Waals surface area contributed by atoms with Crippen LogP contribution in [0.25, 0.3) is 0 Å². The van der Waals surface area contributed by atoms with Gasteiger partial charge in [-0.3, -0.25) is 9.89 Å². The molecule has 1 aliphatic heterocycles. The summed E-state index contributed by atoms with van der Waals surface area (Å²) in [5.74, 6) is -1.87. The van der Waals surface area contributed by atoms with Crippen LogP contribution in [0.3, 0.4) is 0 Å². The van der Waals surface area contributed by atoms with Gasteiger partial charge in [-0.2, -0.15) is 5.10 Å². The third-order valence-corrected chi connectivity index (χ3v) is 4.29. The first kappa shape index (κ1) is 20.2. The first-order chi connectivity index (χ1) is 12.4. The number of aromatic amines is 1. The third kappa shape index (κ3) is 5.43. The molecule has 26 heavy (non-hydrogen) atoms. The number of carbonyl (C=O) groups excluding carboxylic acids is 1. The van der Waals surface area contributed by atoms with Crippen LogP contribution in [0.5, 0.6) is 0 Å². The number of benzene rings is 1. The van der Waals surface area contributed by atoms with E-state index >= 15 is 0 Å². The quantitative estimate of drug-likeness (QED) is 0.537. The second kappa shape index (κ2) is 9.54. The van der Waals surface area contributed by atoms with Crippen LogP contribution >= 0.6 is 23.2 Å². The summed E-state index contributed by atoms with van der Waals surface area (Å²) in [5, 5.41) is 20.7. The molecule has 3 rings (SSSR count). The Hall–Kier alpha value is -2.13. The molecule has 1 aromatic heterocycles. The SMILES string of the molecule is NC1CCNCC1.O=C(O)c1n[nH]cc1NC(=O)c1c(Cl)cccc1Cl. The Morgan fingerprint density at radius 3 is 2.35 bits per heavy atom. The fourth-order valence-electron chi connectivity index (χ4n) is 2.29. The average molecular weight is 400 g/mol. The number of halogens is 2. The van der Waals surface area contributed by atoms with Gasteiger partial charge in [0.1, 0.15) is 0 Å². The monoisotopic (exact) mass is 399 g/mol. The largest absolute Gasteiger partial charge is 0.476 e. The third-order valence-electron chi connectivity index (χ3n) is 3.66. The van der Waals surface area contributed by atoms with Gasteiger partial charge in [-0.15, -0.1) is 0 Å². The summed E-state index contributed by atoms with van der Waals surface area (Å²) in [5.41, 5.74) is 5.41. The van der Waals surface area contributed by atoms with E-state index in [4.69, 9.17) is 34.0 Å². The lowest BCUT2D eigenvalue weighted by Gasteiger charge is -2.17. The molecule has 140 valence electrons. The van der Waals surface area contributed by atoms with Crippen LogP contribution in [-0.2, 0) is 0 Å². The number of anilines is 1. The van der Waals surface area contributed by atoms with Crippen molar-refractivity contribution in [1.82, 2.24) is 15.5 Å². The summed E-state index contributed by atoms with van der Waals surface area (Å²) >= 11 is 11.8. The lowest BCUT2D eigenvalue weighted by molar-refractivity contribution is 0.0691. The van der Waals surface area contributed by atoms with Crippen LogP contribution in [0.4, 0.5) is 5.69 Å². The number of piperidine rings is 1. The standard InChI is InChI=1S/C11H7Cl2N3O3.C5H12N2/c12-5-2-1-3-6(13)8(5)10(17)15-7-4-14-16-9(7)11(18)19;6-5-1-3-7-4-2-5/h1-4H,(H,14,16)(H,15,17)(H,18,19);5,7H,1-4,6H2. The van der Waals surface area contributed by atoms with E-state index in [9.17, 15) is 9.59 Å². The summed E-state index contributed by atoms with van der Waals surface area (Å²) in [6, 6.07) is 5.09. The van der Waals surface area contributed by atoms with Crippen molar-refractivity contribution in [2.75, 3.05) is 18.4 Å². The van der Waals surface area contributed by atoms with Gasteiger partial charge in [0, 0.05) is 12.2 Å². The van der Waals surface area contributed by atoms with Crippen LogP contribution in [0.15, 0.2) is 24.4 Å². The summed E-state index contributed by atoms with van der Waals surface area (Å²) in [6.07, 6.45) is 3.56. The van der Waals surface area contributed by atoms with Gasteiger partial charge in [-0.25, -0.2) is 4.79 Å². The minimum atomic E-state index is -1.26. The molecule has 6 N–H and O–H groups in total. The van der Waals surface area contributed by atoms with E-state index in [1.165, 1.54) is 18.3 Å². The van der Waals surface area contributed by atoms with Gasteiger partial charge in [0.25, 0.3) is 5.91 Å². The van der Waals surface area contributed by atoms with Gasteiger partial charge in [-0.05, 0) is 38.1 Å². The highest BCUT2D eigenvalue weighted by atomic mass is 35.5. The second-order valence-electron chi connectivity index (χ2n) is 5.59. The number of hydrogen-bond acceptors (Lipinski definition) is 5. The summed E-state index contributed by atoms with van der Waals surface area (Å²) in [6.45, 7) is 2.22. The summed E-state index contributed by atoms with van der Waals surface area (Å²) in [4.78, 5) is 22.9. The van der Waals surface area contributed by atoms with Crippen molar-refractivity contribution in [2.24, 2.45) is 5.73 Å². The fourth-order valence-corrected chi connectivity index (χ4v) is 2.86. The van der Waals surface area contributed by atoms with E-state index < -0.39 is 11.9 Å². The molecule has 0 saturated carbocycles. The van der Waals surface area contributed by atoms with Crippen molar-refractivity contribution in [3.63, 3.8) is 0 Å². The predicted octanol–water partition coefficient (Wildman–Crippen LogP) is 2.36. The number of nitrogens with two attached hydrogens (primary N) is 1. The molecule has 0 unspecified atom stereocenters. The van der Waals surface area contributed by atoms with Gasteiger partial charge in [-0.1, -0.05) is 29.3 Å². The van der Waals surface area contributed by atoms with Crippen LogP contribution in [0.2, 0.25) is 10.0 Å². The van der Waals surface area contributed by atoms with E-state index in [0.29, 0.717) is 6.04 Å². The van der Waals surface area contributed by atoms with E-state index in [2.05, 4.69) is 20.8 Å². The van der Waals surface area contributed by atoms with Crippen molar-refractivity contribution in [3.8, 4) is 0 Å². The molecule has 0 spiro atoms. The highest BCUT2D eigenvalue weighted by molar-refractivity contribution is 6.40. The number of nitrogens with zero attached hydrogens (tertiary/aromatic N) is 1. The minimum absolute atomic E-state index is 0.0356. The molecule has 1 amide bonds. The Balaban J connectivity index is 0.000000290. The van der Waals surface area contributed by atoms with Crippen molar-refractivity contribution in [3.05, 3.63) is 45.7 Å². The maximum Gasteiger partial charge on any atom is 0.358 e. The first-order valence-corrected chi connectivity index (χ1v) is 8.64. The number of aromatic carboxylic acids is 1. The molecule has 0 radical (unpaired) electrons. The predicted molar refractivity (Wildman–Crippen MR) is 100 cm³/mol. The normalized spacial score (nSPS) is 14.3. The Morgan fingerprint density at radius 2 is 1.85 bits per heavy atom. The van der Waals surface area contributed by atoms with Crippen molar-refractivity contribution >= 4 is 40.8 Å². The lowest BCUT2D eigenvalue weighted by atomic mass is 10.1. The maximum absolute atomic E-state index is 12.0. The molecule has 1 saturated heterocycles. The molecule has 2 heterocycles. The van der Waals surface area contributed by atoms with E-state index in [1.54, 1.807) is 6.07 Å². The molecule has 10 heteroatoms. The molecule has 2 aromatic rings. The van der Waals surface area contributed by atoms with Gasteiger partial charge < -0.3 is 21.5 Å². The lowest BCUT2D eigenvalue weighted by Crippen LogP contribution is -2.35. The number of carboxylic acid groups (broad SMARTS) is 1. The number of H-pyrrole nitrogens is 1. The molecule has 8 nitrogen and oxygen atoms in total. The molecule has 1 aliphatic rings. The molecule has 1 fully saturated rings. The zero-order valence-corrected chi connectivity index (χ0v) is 15.3. The van der Waals surface area contributed by atoms with Crippen LogP contribution in [0.1, 0.15) is 33.7 Å². The average Bonchev–Trinajstić information content (AvgIpc) is 3.04. The number of aromatic nitrogens is 2. The van der Waals surface area contributed by atoms with Crippen molar-refractivity contribution in [1.29, 1.82) is 0 Å². The van der Waals surface area contributed by atoms with Crippen LogP contribution < -0.4 is 16.4 Å². The Labute approximate surface area is 160 Å². The molecule has 1 aromatic carbocycles. The number of amides is 1. The van der Waals surface area contributed by atoms with E-state index in [0.717, 1.165) is 25.9 Å². The minimum Gasteiger partial charge on any atom is -0.476 e. The van der Waals surface area contributed by atoms with E-state index in [-0.39, 0.29) is 27.0 Å². The van der Waals surface area contributed by atoms with Gasteiger partial charge in [0.05, 0.1) is 21.3 Å². The number of nitrogens with one attached hydrogen (secondary N) is 3. The number of carboxylic acids is 1. The van der Waals surface area contributed by atoms with E-state index in [1.807, 2.05) is 0 Å². The smallest absolute Gasteiger partial charge is 0.358 e. The number of rotatable bonds is 3.